The highest BCUT2D eigenvalue weighted by atomic mass is 79.9. The van der Waals surface area contributed by atoms with Gasteiger partial charge in [0.1, 0.15) is 6.10 Å². The van der Waals surface area contributed by atoms with Crippen LogP contribution in [0.2, 0.25) is 0 Å². The molecule has 2 aromatic carbocycles. The Morgan fingerprint density at radius 3 is 2.58 bits per heavy atom. The van der Waals surface area contributed by atoms with Crippen molar-refractivity contribution in [2.75, 3.05) is 0 Å². The molecule has 0 aromatic heterocycles. The predicted octanol–water partition coefficient (Wildman–Crippen LogP) is 4.79. The van der Waals surface area contributed by atoms with Gasteiger partial charge in [-0.3, -0.25) is 0 Å². The first-order chi connectivity index (χ1) is 9.10. The normalized spacial score (nSPS) is 12.4. The van der Waals surface area contributed by atoms with E-state index in [1.54, 1.807) is 0 Å². The lowest BCUT2D eigenvalue weighted by Crippen LogP contribution is -2.01. The maximum atomic E-state index is 10.5. The molecule has 0 aliphatic carbocycles. The minimum atomic E-state index is -0.562. The van der Waals surface area contributed by atoms with Crippen LogP contribution >= 0.6 is 15.9 Å². The van der Waals surface area contributed by atoms with Gasteiger partial charge in [-0.1, -0.05) is 59.6 Å². The van der Waals surface area contributed by atoms with Gasteiger partial charge in [-0.05, 0) is 47.7 Å². The maximum Gasteiger partial charge on any atom is 0.104 e. The predicted molar refractivity (Wildman–Crippen MR) is 83.4 cm³/mol. The summed E-state index contributed by atoms with van der Waals surface area (Å²) in [5.74, 6) is 0. The summed E-state index contributed by atoms with van der Waals surface area (Å²) in [5, 5.41) is 10.5. The Bertz CT molecular complexity index is 543. The first-order valence-corrected chi connectivity index (χ1v) is 7.43. The van der Waals surface area contributed by atoms with E-state index in [0.717, 1.165) is 34.0 Å². The molecule has 0 bridgehead atoms. The molecule has 0 saturated heterocycles. The van der Waals surface area contributed by atoms with Gasteiger partial charge in [0.2, 0.25) is 0 Å². The van der Waals surface area contributed by atoms with Crippen LogP contribution in [0, 0.1) is 6.92 Å². The first-order valence-electron chi connectivity index (χ1n) is 6.64. The molecule has 1 N–H and O–H groups in total. The Kier molecular flexibility index (Phi) is 4.78. The molecule has 1 unspecified atom stereocenters. The van der Waals surface area contributed by atoms with Gasteiger partial charge in [-0.15, -0.1) is 0 Å². The highest BCUT2D eigenvalue weighted by Crippen LogP contribution is 2.26. The molecule has 0 fully saturated rings. The summed E-state index contributed by atoms with van der Waals surface area (Å²) in [5.41, 5.74) is 4.32. The van der Waals surface area contributed by atoms with Crippen molar-refractivity contribution in [2.45, 2.75) is 32.8 Å². The Hall–Kier alpha value is -1.12. The molecule has 0 aliphatic rings. The number of hydrogen-bond acceptors (Lipinski definition) is 1. The monoisotopic (exact) mass is 318 g/mol. The van der Waals surface area contributed by atoms with E-state index in [4.69, 9.17) is 0 Å². The second kappa shape index (κ2) is 6.36. The number of aryl methyl sites for hydroxylation is 2. The molecule has 0 spiro atoms. The lowest BCUT2D eigenvalue weighted by molar-refractivity contribution is 0.220. The van der Waals surface area contributed by atoms with Gasteiger partial charge in [-0.25, -0.2) is 0 Å². The molecule has 1 nitrogen and oxygen atoms in total. The molecule has 2 aromatic rings. The molecular weight excluding hydrogens is 300 g/mol. The van der Waals surface area contributed by atoms with Crippen molar-refractivity contribution in [2.24, 2.45) is 0 Å². The average Bonchev–Trinajstić information content (AvgIpc) is 2.37. The number of hydrogen-bond donors (Lipinski definition) is 1. The van der Waals surface area contributed by atoms with Gasteiger partial charge in [0.25, 0.3) is 0 Å². The van der Waals surface area contributed by atoms with E-state index in [1.165, 1.54) is 5.56 Å². The SMILES string of the molecule is CCCc1cccc(C(O)c2cc(C)cc(Br)c2)c1. The molecular formula is C17H19BrO. The fraction of sp³-hybridized carbons (Fsp3) is 0.294. The lowest BCUT2D eigenvalue weighted by Gasteiger charge is -2.14. The van der Waals surface area contributed by atoms with E-state index < -0.39 is 6.10 Å². The van der Waals surface area contributed by atoms with Crippen molar-refractivity contribution < 1.29 is 5.11 Å². The van der Waals surface area contributed by atoms with Crippen LogP contribution in [0.1, 0.15) is 41.7 Å². The van der Waals surface area contributed by atoms with E-state index >= 15 is 0 Å². The molecule has 19 heavy (non-hydrogen) atoms. The minimum absolute atomic E-state index is 0.562. The minimum Gasteiger partial charge on any atom is -0.384 e. The summed E-state index contributed by atoms with van der Waals surface area (Å²) in [6.07, 6.45) is 1.61. The number of rotatable bonds is 4. The van der Waals surface area contributed by atoms with Gasteiger partial charge in [-0.2, -0.15) is 0 Å². The Morgan fingerprint density at radius 2 is 1.89 bits per heavy atom. The summed E-state index contributed by atoms with van der Waals surface area (Å²) in [7, 11) is 0. The van der Waals surface area contributed by atoms with E-state index in [1.807, 2.05) is 37.3 Å². The third kappa shape index (κ3) is 3.68. The molecule has 2 heteroatoms. The zero-order valence-corrected chi connectivity index (χ0v) is 12.9. The summed E-state index contributed by atoms with van der Waals surface area (Å²) in [4.78, 5) is 0. The standard InChI is InChI=1S/C17H19BrO/c1-3-5-13-6-4-7-14(10-13)17(19)15-8-12(2)9-16(18)11-15/h4,6-11,17,19H,3,5H2,1-2H3. The van der Waals surface area contributed by atoms with Crippen molar-refractivity contribution in [3.05, 3.63) is 69.2 Å². The van der Waals surface area contributed by atoms with Gasteiger partial charge >= 0.3 is 0 Å². The van der Waals surface area contributed by atoms with E-state index in [-0.39, 0.29) is 0 Å². The molecule has 1 atom stereocenters. The highest BCUT2D eigenvalue weighted by molar-refractivity contribution is 9.10. The van der Waals surface area contributed by atoms with Crippen LogP contribution in [-0.2, 0) is 6.42 Å². The highest BCUT2D eigenvalue weighted by Gasteiger charge is 2.11. The Morgan fingerprint density at radius 1 is 1.11 bits per heavy atom. The van der Waals surface area contributed by atoms with Crippen LogP contribution in [0.15, 0.2) is 46.9 Å². The smallest absolute Gasteiger partial charge is 0.104 e. The fourth-order valence-corrected chi connectivity index (χ4v) is 2.95. The third-order valence-corrected chi connectivity index (χ3v) is 3.64. The zero-order chi connectivity index (χ0) is 13.8. The van der Waals surface area contributed by atoms with Crippen LogP contribution < -0.4 is 0 Å². The second-order valence-electron chi connectivity index (χ2n) is 4.96. The molecule has 0 heterocycles. The number of aliphatic hydroxyl groups is 1. The molecule has 100 valence electrons. The summed E-state index contributed by atoms with van der Waals surface area (Å²) >= 11 is 3.48. The largest absolute Gasteiger partial charge is 0.384 e. The van der Waals surface area contributed by atoms with Crippen molar-refractivity contribution >= 4 is 15.9 Å². The molecule has 2 rings (SSSR count). The van der Waals surface area contributed by atoms with Gasteiger partial charge in [0.05, 0.1) is 0 Å². The van der Waals surface area contributed by atoms with Crippen LogP contribution in [-0.4, -0.2) is 5.11 Å². The van der Waals surface area contributed by atoms with Crippen LogP contribution in [0.4, 0.5) is 0 Å². The second-order valence-corrected chi connectivity index (χ2v) is 5.88. The van der Waals surface area contributed by atoms with Crippen LogP contribution in [0.3, 0.4) is 0 Å². The molecule has 0 amide bonds. The number of aliphatic hydroxyl groups excluding tert-OH is 1. The topological polar surface area (TPSA) is 20.2 Å². The van der Waals surface area contributed by atoms with E-state index in [0.29, 0.717) is 0 Å². The van der Waals surface area contributed by atoms with E-state index in [9.17, 15) is 5.11 Å². The van der Waals surface area contributed by atoms with Crippen LogP contribution in [0.25, 0.3) is 0 Å². The van der Waals surface area contributed by atoms with E-state index in [2.05, 4.69) is 35.0 Å². The van der Waals surface area contributed by atoms with Gasteiger partial charge in [0.15, 0.2) is 0 Å². The summed E-state index contributed by atoms with van der Waals surface area (Å²) < 4.78 is 1.01. The van der Waals surface area contributed by atoms with Crippen molar-refractivity contribution in [3.8, 4) is 0 Å². The number of benzene rings is 2. The molecule has 0 radical (unpaired) electrons. The summed E-state index contributed by atoms with van der Waals surface area (Å²) in [6, 6.07) is 14.3. The number of halogens is 1. The Labute approximate surface area is 123 Å². The molecule has 0 aliphatic heterocycles. The van der Waals surface area contributed by atoms with Crippen molar-refractivity contribution in [1.82, 2.24) is 0 Å². The lowest BCUT2D eigenvalue weighted by atomic mass is 9.97. The fourth-order valence-electron chi connectivity index (χ4n) is 2.32. The van der Waals surface area contributed by atoms with Gasteiger partial charge in [0, 0.05) is 4.47 Å². The maximum absolute atomic E-state index is 10.5. The Balaban J connectivity index is 2.32. The average molecular weight is 319 g/mol. The zero-order valence-electron chi connectivity index (χ0n) is 11.4. The first kappa shape index (κ1) is 14.3. The van der Waals surface area contributed by atoms with Gasteiger partial charge < -0.3 is 5.11 Å². The quantitative estimate of drug-likeness (QED) is 0.859. The van der Waals surface area contributed by atoms with Crippen molar-refractivity contribution in [1.29, 1.82) is 0 Å². The third-order valence-electron chi connectivity index (χ3n) is 3.19. The van der Waals surface area contributed by atoms with Crippen LogP contribution in [0.5, 0.6) is 0 Å². The summed E-state index contributed by atoms with van der Waals surface area (Å²) in [6.45, 7) is 4.20. The molecule has 0 saturated carbocycles. The van der Waals surface area contributed by atoms with Crippen molar-refractivity contribution in [3.63, 3.8) is 0 Å².